The summed E-state index contributed by atoms with van der Waals surface area (Å²) in [7, 11) is 0. The van der Waals surface area contributed by atoms with Crippen LogP contribution in [0.2, 0.25) is 0 Å². The summed E-state index contributed by atoms with van der Waals surface area (Å²) in [6.07, 6.45) is 3.13. The second kappa shape index (κ2) is 11.4. The summed E-state index contributed by atoms with van der Waals surface area (Å²) in [4.78, 5) is 14.6. The van der Waals surface area contributed by atoms with E-state index < -0.39 is 6.17 Å². The second-order valence-corrected chi connectivity index (χ2v) is 12.6. The summed E-state index contributed by atoms with van der Waals surface area (Å²) in [6.45, 7) is 0. The van der Waals surface area contributed by atoms with Crippen LogP contribution in [0.25, 0.3) is 60.6 Å². The van der Waals surface area contributed by atoms with Crippen LogP contribution in [0, 0.1) is 0 Å². The number of furan rings is 1. The SMILES string of the molecule is c1ccc(-c2ccc(C3=NC(c4ccc5oc6cc7c(cc6c5c4)c4ccccc4n7-c4ccccc4)N=C(c4cccnc4)N3)cc2)cc1. The molecule has 0 saturated carbocycles. The quantitative estimate of drug-likeness (QED) is 0.203. The number of rotatable bonds is 5. The van der Waals surface area contributed by atoms with Crippen LogP contribution in [-0.2, 0) is 0 Å². The van der Waals surface area contributed by atoms with E-state index in [4.69, 9.17) is 14.4 Å². The number of fused-ring (bicyclic) bond motifs is 6. The Morgan fingerprint density at radius 2 is 1.18 bits per heavy atom. The molecule has 0 radical (unpaired) electrons. The third kappa shape index (κ3) is 4.69. The van der Waals surface area contributed by atoms with Crippen LogP contribution in [0.1, 0.15) is 22.9 Å². The first-order valence-electron chi connectivity index (χ1n) is 16.7. The fourth-order valence-electron chi connectivity index (χ4n) is 7.12. The van der Waals surface area contributed by atoms with E-state index in [1.165, 1.54) is 16.3 Å². The Kier molecular flexibility index (Phi) is 6.45. The summed E-state index contributed by atoms with van der Waals surface area (Å²) in [5.41, 5.74) is 10.3. The molecule has 1 unspecified atom stereocenters. The van der Waals surface area contributed by atoms with Crippen molar-refractivity contribution in [1.29, 1.82) is 0 Å². The smallest absolute Gasteiger partial charge is 0.169 e. The van der Waals surface area contributed by atoms with E-state index in [-0.39, 0.29) is 0 Å². The van der Waals surface area contributed by atoms with E-state index in [0.717, 1.165) is 72.6 Å². The fraction of sp³-hybridized carbons (Fsp3) is 0.0227. The van der Waals surface area contributed by atoms with Crippen LogP contribution in [-0.4, -0.2) is 21.2 Å². The summed E-state index contributed by atoms with van der Waals surface area (Å²) in [6, 6.07) is 52.7. The van der Waals surface area contributed by atoms with Gasteiger partial charge < -0.3 is 14.3 Å². The highest BCUT2D eigenvalue weighted by Crippen LogP contribution is 2.39. The molecule has 10 rings (SSSR count). The third-order valence-electron chi connectivity index (χ3n) is 9.54. The Hall–Kier alpha value is -6.79. The van der Waals surface area contributed by atoms with Crippen LogP contribution in [0.4, 0.5) is 0 Å². The summed E-state index contributed by atoms with van der Waals surface area (Å²) >= 11 is 0. The highest BCUT2D eigenvalue weighted by atomic mass is 16.3. The minimum absolute atomic E-state index is 0.465. The second-order valence-electron chi connectivity index (χ2n) is 12.6. The lowest BCUT2D eigenvalue weighted by molar-refractivity contribution is 0.668. The van der Waals surface area contributed by atoms with Gasteiger partial charge in [-0.3, -0.25) is 4.98 Å². The van der Waals surface area contributed by atoms with Gasteiger partial charge in [0.2, 0.25) is 0 Å². The molecule has 9 aromatic rings. The molecular weight excluding hydrogens is 615 g/mol. The van der Waals surface area contributed by atoms with Gasteiger partial charge in [0.1, 0.15) is 22.8 Å². The standard InChI is InChI=1S/C44H29N5O/c1-3-10-28(11-4-1)29-17-19-30(20-18-29)42-46-43(48-44(47-42)32-12-9-23-45-27-32)31-21-22-40-36(24-31)37-25-35-34-15-7-8-16-38(34)49(33-13-5-2-6-14-33)39(35)26-41(37)50-40/h1-27,43H,(H,46,47,48). The lowest BCUT2D eigenvalue weighted by Crippen LogP contribution is -2.36. The van der Waals surface area contributed by atoms with Crippen LogP contribution < -0.4 is 5.32 Å². The molecule has 0 spiro atoms. The van der Waals surface area contributed by atoms with Crippen molar-refractivity contribution in [3.05, 3.63) is 181 Å². The number of para-hydroxylation sites is 2. The summed E-state index contributed by atoms with van der Waals surface area (Å²) < 4.78 is 8.83. The molecule has 0 bridgehead atoms. The highest BCUT2D eigenvalue weighted by molar-refractivity contribution is 6.18. The van der Waals surface area contributed by atoms with Crippen molar-refractivity contribution in [2.75, 3.05) is 0 Å². The van der Waals surface area contributed by atoms with E-state index in [1.54, 1.807) is 6.20 Å². The zero-order chi connectivity index (χ0) is 33.0. The van der Waals surface area contributed by atoms with Crippen LogP contribution in [0.3, 0.4) is 0 Å². The average Bonchev–Trinajstić information content (AvgIpc) is 3.72. The molecule has 236 valence electrons. The minimum atomic E-state index is -0.465. The molecule has 4 heterocycles. The first-order valence-corrected chi connectivity index (χ1v) is 16.7. The monoisotopic (exact) mass is 643 g/mol. The maximum atomic E-state index is 6.51. The third-order valence-corrected chi connectivity index (χ3v) is 9.54. The Morgan fingerprint density at radius 3 is 1.98 bits per heavy atom. The number of pyridine rings is 1. The van der Waals surface area contributed by atoms with Crippen LogP contribution in [0.5, 0.6) is 0 Å². The van der Waals surface area contributed by atoms with Crippen molar-refractivity contribution >= 4 is 55.4 Å². The molecular formula is C44H29N5O. The molecule has 0 saturated heterocycles. The maximum Gasteiger partial charge on any atom is 0.169 e. The average molecular weight is 644 g/mol. The number of aliphatic imine (C=N–C) groups is 2. The molecule has 0 aliphatic carbocycles. The number of aromatic nitrogens is 2. The number of benzene rings is 6. The molecule has 3 aromatic heterocycles. The number of hydrogen-bond acceptors (Lipinski definition) is 5. The Balaban J connectivity index is 1.11. The first kappa shape index (κ1) is 28.2. The van der Waals surface area contributed by atoms with Gasteiger partial charge in [-0.05, 0) is 65.2 Å². The largest absolute Gasteiger partial charge is 0.456 e. The molecule has 1 atom stereocenters. The molecule has 6 heteroatoms. The van der Waals surface area contributed by atoms with Crippen LogP contribution >= 0.6 is 0 Å². The minimum Gasteiger partial charge on any atom is -0.456 e. The molecule has 1 aliphatic heterocycles. The Labute approximate surface area is 287 Å². The Bertz CT molecular complexity index is 2760. The molecule has 0 fully saturated rings. The summed E-state index contributed by atoms with van der Waals surface area (Å²) in [5.74, 6) is 1.49. The van der Waals surface area contributed by atoms with Crippen molar-refractivity contribution in [2.24, 2.45) is 9.98 Å². The number of amidine groups is 2. The molecule has 1 aliphatic rings. The van der Waals surface area contributed by atoms with Crippen molar-refractivity contribution < 1.29 is 4.42 Å². The van der Waals surface area contributed by atoms with Gasteiger partial charge in [0.15, 0.2) is 6.17 Å². The maximum absolute atomic E-state index is 6.51. The predicted octanol–water partition coefficient (Wildman–Crippen LogP) is 10.2. The van der Waals surface area contributed by atoms with Crippen molar-refractivity contribution in [3.8, 4) is 16.8 Å². The van der Waals surface area contributed by atoms with E-state index in [0.29, 0.717) is 0 Å². The lowest BCUT2D eigenvalue weighted by Gasteiger charge is -2.22. The van der Waals surface area contributed by atoms with Gasteiger partial charge in [0.25, 0.3) is 0 Å². The lowest BCUT2D eigenvalue weighted by atomic mass is 10.0. The van der Waals surface area contributed by atoms with E-state index in [1.807, 2.05) is 36.5 Å². The van der Waals surface area contributed by atoms with E-state index in [9.17, 15) is 0 Å². The number of hydrogen-bond donors (Lipinski definition) is 1. The Morgan fingerprint density at radius 1 is 0.500 bits per heavy atom. The van der Waals surface area contributed by atoms with Crippen molar-refractivity contribution in [3.63, 3.8) is 0 Å². The molecule has 0 amide bonds. The van der Waals surface area contributed by atoms with Crippen molar-refractivity contribution in [2.45, 2.75) is 6.17 Å². The summed E-state index contributed by atoms with van der Waals surface area (Å²) in [5, 5.41) is 7.99. The number of nitrogens with zero attached hydrogens (tertiary/aromatic N) is 4. The van der Waals surface area contributed by atoms with Gasteiger partial charge in [-0.1, -0.05) is 97.1 Å². The fourth-order valence-corrected chi connectivity index (χ4v) is 7.12. The zero-order valence-corrected chi connectivity index (χ0v) is 26.9. The van der Waals surface area contributed by atoms with Gasteiger partial charge in [0, 0.05) is 56.8 Å². The molecule has 50 heavy (non-hydrogen) atoms. The van der Waals surface area contributed by atoms with Crippen LogP contribution in [0.15, 0.2) is 178 Å². The molecule has 1 N–H and O–H groups in total. The zero-order valence-electron chi connectivity index (χ0n) is 26.9. The normalized spacial score (nSPS) is 14.6. The van der Waals surface area contributed by atoms with Crippen molar-refractivity contribution in [1.82, 2.24) is 14.9 Å². The van der Waals surface area contributed by atoms with Gasteiger partial charge >= 0.3 is 0 Å². The van der Waals surface area contributed by atoms with Gasteiger partial charge in [-0.2, -0.15) is 0 Å². The molecule has 6 nitrogen and oxygen atoms in total. The topological polar surface area (TPSA) is 67.7 Å². The number of nitrogens with one attached hydrogen (secondary N) is 1. The first-order chi connectivity index (χ1) is 24.8. The predicted molar refractivity (Wildman–Crippen MR) is 203 cm³/mol. The van der Waals surface area contributed by atoms with Gasteiger partial charge in [0.05, 0.1) is 11.0 Å². The van der Waals surface area contributed by atoms with E-state index >= 15 is 0 Å². The van der Waals surface area contributed by atoms with Gasteiger partial charge in [-0.15, -0.1) is 0 Å². The van der Waals surface area contributed by atoms with Gasteiger partial charge in [-0.25, -0.2) is 9.98 Å². The highest BCUT2D eigenvalue weighted by Gasteiger charge is 2.23. The molecule has 6 aromatic carbocycles. The van der Waals surface area contributed by atoms with E-state index in [2.05, 4.69) is 136 Å².